The third kappa shape index (κ3) is 5.31. The Labute approximate surface area is 242 Å². The van der Waals surface area contributed by atoms with Gasteiger partial charge in [-0.3, -0.25) is 4.79 Å². The number of carbonyl (C=O) groups is 2. The summed E-state index contributed by atoms with van der Waals surface area (Å²) in [5.41, 5.74) is 3.72. The molecular formula is C32H32ClF2NO5. The third-order valence-corrected chi connectivity index (χ3v) is 7.84. The minimum absolute atomic E-state index is 0.165. The Morgan fingerprint density at radius 2 is 1.80 bits per heavy atom. The number of carboxylic acid groups (broad SMARTS) is 1. The number of aryl methyl sites for hydroxylation is 1. The lowest BCUT2D eigenvalue weighted by molar-refractivity contribution is -0.160. The summed E-state index contributed by atoms with van der Waals surface area (Å²) in [6.07, 6.45) is 0.338. The number of amides is 1. The second-order valence-corrected chi connectivity index (χ2v) is 12.0. The summed E-state index contributed by atoms with van der Waals surface area (Å²) >= 11 is 6.07. The lowest BCUT2D eigenvalue weighted by Gasteiger charge is -2.30. The molecule has 41 heavy (non-hydrogen) atoms. The Hall–Kier alpha value is -3.49. The third-order valence-electron chi connectivity index (χ3n) is 7.60. The van der Waals surface area contributed by atoms with Crippen LogP contribution in [0.25, 0.3) is 11.1 Å². The number of aliphatic carboxylic acids is 1. The van der Waals surface area contributed by atoms with E-state index in [1.807, 2.05) is 6.92 Å². The molecule has 1 atom stereocenters. The van der Waals surface area contributed by atoms with Gasteiger partial charge in [0.05, 0.1) is 17.8 Å². The van der Waals surface area contributed by atoms with Gasteiger partial charge in [-0.25, -0.2) is 13.6 Å². The van der Waals surface area contributed by atoms with Crippen molar-refractivity contribution in [3.05, 3.63) is 80.4 Å². The topological polar surface area (TPSA) is 76.1 Å². The summed E-state index contributed by atoms with van der Waals surface area (Å²) in [4.78, 5) is 27.8. The lowest BCUT2D eigenvalue weighted by Crippen LogP contribution is -2.30. The van der Waals surface area contributed by atoms with Crippen molar-refractivity contribution in [2.45, 2.75) is 65.6 Å². The number of ether oxygens (including phenoxy) is 2. The van der Waals surface area contributed by atoms with Crippen molar-refractivity contribution in [1.82, 2.24) is 0 Å². The predicted molar refractivity (Wildman–Crippen MR) is 153 cm³/mol. The summed E-state index contributed by atoms with van der Waals surface area (Å²) < 4.78 is 42.0. The van der Waals surface area contributed by atoms with Crippen molar-refractivity contribution in [3.8, 4) is 16.9 Å². The van der Waals surface area contributed by atoms with Crippen LogP contribution in [0, 0.1) is 25.5 Å². The number of fused-ring (bicyclic) bond motifs is 2. The van der Waals surface area contributed by atoms with Crippen LogP contribution in [0.15, 0.2) is 30.3 Å². The number of rotatable bonds is 5. The number of hydrogen-bond acceptors (Lipinski definition) is 4. The molecule has 0 spiro atoms. The Bertz CT molecular complexity index is 1580. The molecule has 0 saturated heterocycles. The maximum Gasteiger partial charge on any atom is 0.337 e. The van der Waals surface area contributed by atoms with Crippen molar-refractivity contribution < 1.29 is 33.0 Å². The van der Waals surface area contributed by atoms with Gasteiger partial charge in [-0.15, -0.1) is 0 Å². The molecule has 3 aromatic rings. The summed E-state index contributed by atoms with van der Waals surface area (Å²) in [6, 6.07) is 6.93. The predicted octanol–water partition coefficient (Wildman–Crippen LogP) is 7.37. The first-order valence-corrected chi connectivity index (χ1v) is 14.0. The quantitative estimate of drug-likeness (QED) is 0.339. The van der Waals surface area contributed by atoms with Crippen LogP contribution in [0.3, 0.4) is 0 Å². The van der Waals surface area contributed by atoms with Gasteiger partial charge in [-0.2, -0.15) is 0 Å². The van der Waals surface area contributed by atoms with Crippen molar-refractivity contribution in [2.24, 2.45) is 0 Å². The molecule has 216 valence electrons. The van der Waals surface area contributed by atoms with Gasteiger partial charge in [-0.1, -0.05) is 11.6 Å². The molecular weight excluding hydrogens is 552 g/mol. The zero-order chi connectivity index (χ0) is 29.8. The SMILES string of the molecule is Cc1cc2c(c(-c3cc(F)c4c(c3C)CCCO4)c1C(OC(C)(C)C)C(=O)O)CCN2C(=O)c1cc(Cl)ccc1F. The van der Waals surface area contributed by atoms with Crippen molar-refractivity contribution in [3.63, 3.8) is 0 Å². The fourth-order valence-electron chi connectivity index (χ4n) is 5.86. The smallest absolute Gasteiger partial charge is 0.337 e. The van der Waals surface area contributed by atoms with Gasteiger partial charge in [0.2, 0.25) is 0 Å². The Balaban J connectivity index is 1.78. The zero-order valence-electron chi connectivity index (χ0n) is 23.7. The van der Waals surface area contributed by atoms with E-state index in [-0.39, 0.29) is 22.9 Å². The van der Waals surface area contributed by atoms with Crippen LogP contribution in [0.5, 0.6) is 5.75 Å². The monoisotopic (exact) mass is 583 g/mol. The standard InChI is InChI=1S/C32H32ClF2NO5/c1-16-13-25-20(10-11-36(25)30(37)22-14-18(33)8-9-23(22)34)27(26(16)29(31(38)39)41-32(3,4)5)21-15-24(35)28-19(17(21)2)7-6-12-40-28/h8-9,13-15,29H,6-7,10-12H2,1-5H3,(H,38,39). The van der Waals surface area contributed by atoms with E-state index in [1.54, 1.807) is 33.8 Å². The number of benzene rings is 3. The molecule has 0 bridgehead atoms. The van der Waals surface area contributed by atoms with E-state index in [9.17, 15) is 19.1 Å². The summed E-state index contributed by atoms with van der Waals surface area (Å²) in [5, 5.41) is 10.6. The highest BCUT2D eigenvalue weighted by molar-refractivity contribution is 6.31. The van der Waals surface area contributed by atoms with Gasteiger partial charge in [0.1, 0.15) is 5.82 Å². The van der Waals surface area contributed by atoms with E-state index in [1.165, 1.54) is 23.1 Å². The molecule has 0 radical (unpaired) electrons. The van der Waals surface area contributed by atoms with E-state index >= 15 is 4.39 Å². The van der Waals surface area contributed by atoms with Gasteiger partial charge >= 0.3 is 5.97 Å². The number of carbonyl (C=O) groups excluding carboxylic acids is 1. The van der Waals surface area contributed by atoms with Gasteiger partial charge in [-0.05, 0) is 112 Å². The van der Waals surface area contributed by atoms with Gasteiger partial charge < -0.3 is 19.5 Å². The number of anilines is 1. The van der Waals surface area contributed by atoms with E-state index in [0.29, 0.717) is 53.0 Å². The van der Waals surface area contributed by atoms with Gasteiger partial charge in [0, 0.05) is 28.4 Å². The minimum Gasteiger partial charge on any atom is -0.490 e. The second-order valence-electron chi connectivity index (χ2n) is 11.5. The van der Waals surface area contributed by atoms with Gasteiger partial charge in [0.15, 0.2) is 17.7 Å². The molecule has 0 aromatic heterocycles. The molecule has 6 nitrogen and oxygen atoms in total. The summed E-state index contributed by atoms with van der Waals surface area (Å²) in [6.45, 7) is 9.58. The fraction of sp³-hybridized carbons (Fsp3) is 0.375. The zero-order valence-corrected chi connectivity index (χ0v) is 24.4. The molecule has 0 fully saturated rings. The van der Waals surface area contributed by atoms with E-state index < -0.39 is 35.2 Å². The second kappa shape index (κ2) is 10.7. The first kappa shape index (κ1) is 29.0. The molecule has 1 N–H and O–H groups in total. The number of hydrogen-bond donors (Lipinski definition) is 1. The number of nitrogens with zero attached hydrogens (tertiary/aromatic N) is 1. The van der Waals surface area contributed by atoms with Crippen LogP contribution in [0.4, 0.5) is 14.5 Å². The summed E-state index contributed by atoms with van der Waals surface area (Å²) in [7, 11) is 0. The van der Waals surface area contributed by atoms with Crippen LogP contribution in [0.1, 0.15) is 71.5 Å². The Kier molecular flexibility index (Phi) is 7.59. The first-order chi connectivity index (χ1) is 19.3. The van der Waals surface area contributed by atoms with Crippen LogP contribution in [-0.4, -0.2) is 35.7 Å². The molecule has 0 aliphatic carbocycles. The number of carboxylic acids is 1. The highest BCUT2D eigenvalue weighted by Crippen LogP contribution is 2.48. The van der Waals surface area contributed by atoms with Crippen molar-refractivity contribution in [1.29, 1.82) is 0 Å². The largest absolute Gasteiger partial charge is 0.490 e. The van der Waals surface area contributed by atoms with Crippen LogP contribution >= 0.6 is 11.6 Å². The molecule has 2 aliphatic heterocycles. The average molecular weight is 584 g/mol. The van der Waals surface area contributed by atoms with Crippen LogP contribution in [0.2, 0.25) is 5.02 Å². The molecule has 2 aliphatic rings. The molecule has 2 heterocycles. The fourth-order valence-corrected chi connectivity index (χ4v) is 6.03. The number of halogens is 3. The molecule has 5 rings (SSSR count). The molecule has 0 saturated carbocycles. The van der Waals surface area contributed by atoms with Crippen LogP contribution in [-0.2, 0) is 22.4 Å². The molecule has 9 heteroatoms. The molecule has 1 amide bonds. The highest BCUT2D eigenvalue weighted by atomic mass is 35.5. The summed E-state index contributed by atoms with van der Waals surface area (Å²) in [5.74, 6) is -2.76. The maximum atomic E-state index is 15.5. The molecule has 3 aromatic carbocycles. The average Bonchev–Trinajstić information content (AvgIpc) is 3.32. The maximum absolute atomic E-state index is 15.5. The normalized spacial score (nSPS) is 15.3. The van der Waals surface area contributed by atoms with Gasteiger partial charge in [0.25, 0.3) is 5.91 Å². The van der Waals surface area contributed by atoms with E-state index in [2.05, 4.69) is 0 Å². The van der Waals surface area contributed by atoms with Crippen molar-refractivity contribution in [2.75, 3.05) is 18.1 Å². The van der Waals surface area contributed by atoms with Crippen LogP contribution < -0.4 is 9.64 Å². The Morgan fingerprint density at radius 1 is 1.07 bits per heavy atom. The Morgan fingerprint density at radius 3 is 2.49 bits per heavy atom. The van der Waals surface area contributed by atoms with E-state index in [4.69, 9.17) is 21.1 Å². The first-order valence-electron chi connectivity index (χ1n) is 13.6. The lowest BCUT2D eigenvalue weighted by atomic mass is 9.83. The minimum atomic E-state index is -1.36. The van der Waals surface area contributed by atoms with E-state index in [0.717, 1.165) is 23.6 Å². The van der Waals surface area contributed by atoms with Crippen molar-refractivity contribution >= 4 is 29.2 Å². The molecule has 1 unspecified atom stereocenters. The highest BCUT2D eigenvalue weighted by Gasteiger charge is 2.37.